The van der Waals surface area contributed by atoms with Gasteiger partial charge < -0.3 is 14.8 Å². The highest BCUT2D eigenvalue weighted by Gasteiger charge is 2.08. The molecule has 0 atom stereocenters. The van der Waals surface area contributed by atoms with Gasteiger partial charge in [0.2, 0.25) is 5.91 Å². The summed E-state index contributed by atoms with van der Waals surface area (Å²) in [6.45, 7) is 2.68. The molecule has 116 valence electrons. The number of hydrogen-bond acceptors (Lipinski definition) is 3. The van der Waals surface area contributed by atoms with Gasteiger partial charge in [0.15, 0.2) is 0 Å². The molecule has 22 heavy (non-hydrogen) atoms. The second-order valence-corrected chi connectivity index (χ2v) is 4.92. The van der Waals surface area contributed by atoms with Crippen molar-refractivity contribution >= 4 is 11.6 Å². The maximum Gasteiger partial charge on any atom is 0.228 e. The van der Waals surface area contributed by atoms with Crippen LogP contribution in [0.5, 0.6) is 11.5 Å². The zero-order chi connectivity index (χ0) is 15.8. The Morgan fingerprint density at radius 3 is 2.50 bits per heavy atom. The molecule has 0 bridgehead atoms. The van der Waals surface area contributed by atoms with Crippen LogP contribution < -0.4 is 14.8 Å². The molecule has 4 heteroatoms. The molecule has 0 fully saturated rings. The molecule has 2 aromatic rings. The van der Waals surface area contributed by atoms with Gasteiger partial charge in [0.1, 0.15) is 11.5 Å². The molecular weight excluding hydrogens is 278 g/mol. The van der Waals surface area contributed by atoms with Crippen molar-refractivity contribution in [1.82, 2.24) is 0 Å². The molecule has 0 aliphatic rings. The minimum Gasteiger partial charge on any atom is -0.497 e. The summed E-state index contributed by atoms with van der Waals surface area (Å²) in [5.41, 5.74) is 1.64. The van der Waals surface area contributed by atoms with Gasteiger partial charge in [-0.1, -0.05) is 31.2 Å². The van der Waals surface area contributed by atoms with Gasteiger partial charge in [-0.2, -0.15) is 0 Å². The summed E-state index contributed by atoms with van der Waals surface area (Å²) in [7, 11) is 1.62. The number of nitrogens with one attached hydrogen (secondary N) is 1. The third kappa shape index (κ3) is 4.52. The van der Waals surface area contributed by atoms with Crippen molar-refractivity contribution in [2.75, 3.05) is 19.0 Å². The highest BCUT2D eigenvalue weighted by atomic mass is 16.5. The van der Waals surface area contributed by atoms with Gasteiger partial charge >= 0.3 is 0 Å². The number of amides is 1. The van der Waals surface area contributed by atoms with Gasteiger partial charge in [0, 0.05) is 0 Å². The molecule has 1 amide bonds. The number of benzene rings is 2. The first kappa shape index (κ1) is 15.9. The van der Waals surface area contributed by atoms with E-state index < -0.39 is 0 Å². The van der Waals surface area contributed by atoms with Crippen LogP contribution in [-0.4, -0.2) is 19.6 Å². The summed E-state index contributed by atoms with van der Waals surface area (Å²) >= 11 is 0. The summed E-state index contributed by atoms with van der Waals surface area (Å²) in [5.74, 6) is 1.41. The van der Waals surface area contributed by atoms with E-state index in [0.29, 0.717) is 24.5 Å². The maximum atomic E-state index is 12.2. The van der Waals surface area contributed by atoms with Crippen LogP contribution in [-0.2, 0) is 11.2 Å². The van der Waals surface area contributed by atoms with E-state index in [1.807, 2.05) is 55.5 Å². The largest absolute Gasteiger partial charge is 0.497 e. The predicted molar refractivity (Wildman–Crippen MR) is 87.6 cm³/mol. The summed E-state index contributed by atoms with van der Waals surface area (Å²) in [6, 6.07) is 14.9. The van der Waals surface area contributed by atoms with Crippen molar-refractivity contribution in [1.29, 1.82) is 0 Å². The topological polar surface area (TPSA) is 47.6 Å². The summed E-state index contributed by atoms with van der Waals surface area (Å²) in [4.78, 5) is 12.2. The lowest BCUT2D eigenvalue weighted by Gasteiger charge is -2.12. The molecule has 2 rings (SSSR count). The number of ether oxygens (including phenoxy) is 2. The quantitative estimate of drug-likeness (QED) is 0.848. The van der Waals surface area contributed by atoms with Crippen LogP contribution >= 0.6 is 0 Å². The van der Waals surface area contributed by atoms with E-state index in [2.05, 4.69) is 5.32 Å². The Kier molecular flexibility index (Phi) is 5.83. The van der Waals surface area contributed by atoms with Crippen molar-refractivity contribution in [2.45, 2.75) is 19.8 Å². The van der Waals surface area contributed by atoms with Crippen LogP contribution in [0.2, 0.25) is 0 Å². The van der Waals surface area contributed by atoms with Crippen molar-refractivity contribution in [3.63, 3.8) is 0 Å². The van der Waals surface area contributed by atoms with Crippen LogP contribution in [0.3, 0.4) is 0 Å². The molecule has 0 saturated heterocycles. The Morgan fingerprint density at radius 1 is 1.09 bits per heavy atom. The van der Waals surface area contributed by atoms with E-state index in [9.17, 15) is 4.79 Å². The number of para-hydroxylation sites is 2. The van der Waals surface area contributed by atoms with Crippen molar-refractivity contribution in [3.05, 3.63) is 54.1 Å². The van der Waals surface area contributed by atoms with Crippen LogP contribution in [0.1, 0.15) is 18.9 Å². The molecule has 0 aliphatic carbocycles. The van der Waals surface area contributed by atoms with Crippen molar-refractivity contribution in [2.24, 2.45) is 0 Å². The average Bonchev–Trinajstić information content (AvgIpc) is 2.54. The van der Waals surface area contributed by atoms with E-state index in [1.54, 1.807) is 7.11 Å². The SMILES string of the molecule is CCCOc1ccccc1NC(=O)Cc1ccc(OC)cc1. The third-order valence-electron chi connectivity index (χ3n) is 3.15. The van der Waals surface area contributed by atoms with Crippen LogP contribution in [0.15, 0.2) is 48.5 Å². The lowest BCUT2D eigenvalue weighted by atomic mass is 10.1. The van der Waals surface area contributed by atoms with Gasteiger partial charge in [0.05, 0.1) is 25.8 Å². The van der Waals surface area contributed by atoms with E-state index >= 15 is 0 Å². The first-order valence-electron chi connectivity index (χ1n) is 7.37. The minimum absolute atomic E-state index is 0.0716. The Balaban J connectivity index is 1.99. The molecule has 4 nitrogen and oxygen atoms in total. The smallest absolute Gasteiger partial charge is 0.228 e. The van der Waals surface area contributed by atoms with Gasteiger partial charge in [-0.05, 0) is 36.2 Å². The first-order valence-corrected chi connectivity index (χ1v) is 7.37. The fourth-order valence-electron chi connectivity index (χ4n) is 2.03. The molecule has 0 unspecified atom stereocenters. The Labute approximate surface area is 131 Å². The van der Waals surface area contributed by atoms with Gasteiger partial charge in [-0.3, -0.25) is 4.79 Å². The Bertz CT molecular complexity index is 608. The molecule has 0 radical (unpaired) electrons. The molecule has 1 N–H and O–H groups in total. The number of anilines is 1. The van der Waals surface area contributed by atoms with Crippen molar-refractivity contribution < 1.29 is 14.3 Å². The monoisotopic (exact) mass is 299 g/mol. The van der Waals surface area contributed by atoms with Crippen LogP contribution in [0, 0.1) is 0 Å². The van der Waals surface area contributed by atoms with E-state index in [0.717, 1.165) is 17.7 Å². The zero-order valence-electron chi connectivity index (χ0n) is 13.0. The maximum absolute atomic E-state index is 12.2. The second kappa shape index (κ2) is 8.08. The van der Waals surface area contributed by atoms with Crippen molar-refractivity contribution in [3.8, 4) is 11.5 Å². The summed E-state index contributed by atoms with van der Waals surface area (Å²) < 4.78 is 10.7. The average molecular weight is 299 g/mol. The van der Waals surface area contributed by atoms with Gasteiger partial charge in [-0.15, -0.1) is 0 Å². The lowest BCUT2D eigenvalue weighted by molar-refractivity contribution is -0.115. The normalized spacial score (nSPS) is 10.1. The van der Waals surface area contributed by atoms with Crippen LogP contribution in [0.4, 0.5) is 5.69 Å². The summed E-state index contributed by atoms with van der Waals surface area (Å²) in [5, 5.41) is 2.90. The number of carbonyl (C=O) groups excluding carboxylic acids is 1. The van der Waals surface area contributed by atoms with Gasteiger partial charge in [-0.25, -0.2) is 0 Å². The third-order valence-corrected chi connectivity index (χ3v) is 3.15. The van der Waals surface area contributed by atoms with E-state index in [-0.39, 0.29) is 5.91 Å². The van der Waals surface area contributed by atoms with Gasteiger partial charge in [0.25, 0.3) is 0 Å². The number of rotatable bonds is 7. The Morgan fingerprint density at radius 2 is 1.82 bits per heavy atom. The highest BCUT2D eigenvalue weighted by molar-refractivity contribution is 5.93. The van der Waals surface area contributed by atoms with E-state index in [4.69, 9.17) is 9.47 Å². The second-order valence-electron chi connectivity index (χ2n) is 4.92. The molecular formula is C18H21NO3. The lowest BCUT2D eigenvalue weighted by Crippen LogP contribution is -2.15. The number of methoxy groups -OCH3 is 1. The summed E-state index contributed by atoms with van der Waals surface area (Å²) in [6.07, 6.45) is 1.24. The molecule has 0 heterocycles. The fourth-order valence-corrected chi connectivity index (χ4v) is 2.03. The number of carbonyl (C=O) groups is 1. The standard InChI is InChI=1S/C18H21NO3/c1-3-12-22-17-7-5-4-6-16(17)19-18(20)13-14-8-10-15(21-2)11-9-14/h4-11H,3,12-13H2,1-2H3,(H,19,20). The highest BCUT2D eigenvalue weighted by Crippen LogP contribution is 2.24. The van der Waals surface area contributed by atoms with E-state index in [1.165, 1.54) is 0 Å². The number of hydrogen-bond donors (Lipinski definition) is 1. The molecule has 0 aromatic heterocycles. The molecule has 0 spiro atoms. The first-order chi connectivity index (χ1) is 10.7. The zero-order valence-corrected chi connectivity index (χ0v) is 13.0. The fraction of sp³-hybridized carbons (Fsp3) is 0.278. The minimum atomic E-state index is -0.0716. The Hall–Kier alpha value is -2.49. The molecule has 0 saturated carbocycles. The molecule has 2 aromatic carbocycles. The van der Waals surface area contributed by atoms with Crippen LogP contribution in [0.25, 0.3) is 0 Å². The predicted octanol–water partition coefficient (Wildman–Crippen LogP) is 3.67. The molecule has 0 aliphatic heterocycles.